The van der Waals surface area contributed by atoms with E-state index in [1.165, 1.54) is 24.2 Å². The molecule has 3 aliphatic carbocycles. The number of anilines is 1. The van der Waals surface area contributed by atoms with Gasteiger partial charge in [0.25, 0.3) is 0 Å². The van der Waals surface area contributed by atoms with E-state index >= 15 is 0 Å². The van der Waals surface area contributed by atoms with Gasteiger partial charge in [0.15, 0.2) is 0 Å². The number of carbonyl (C=O) groups excluding carboxylic acids is 2. The summed E-state index contributed by atoms with van der Waals surface area (Å²) in [5, 5.41) is 13.5. The Morgan fingerprint density at radius 1 is 1.00 bits per heavy atom. The van der Waals surface area contributed by atoms with Crippen molar-refractivity contribution in [3.63, 3.8) is 0 Å². The maximum atomic E-state index is 13.6. The summed E-state index contributed by atoms with van der Waals surface area (Å²) in [6.45, 7) is 6.08. The molecule has 6 nitrogen and oxygen atoms in total. The van der Waals surface area contributed by atoms with Crippen LogP contribution in [0.2, 0.25) is 0 Å². The van der Waals surface area contributed by atoms with Crippen molar-refractivity contribution in [2.45, 2.75) is 78.6 Å². The third-order valence-electron chi connectivity index (χ3n) is 7.64. The molecule has 2 N–H and O–H groups in total. The number of aryl methyl sites for hydroxylation is 1. The average molecular weight is 474 g/mol. The van der Waals surface area contributed by atoms with Crippen molar-refractivity contribution in [2.75, 3.05) is 11.9 Å². The number of aliphatic carboxylic acids is 1. The quantitative estimate of drug-likeness (QED) is 0.429. The fraction of sp³-hybridized carbons (Fsp3) is 0.654. The lowest BCUT2D eigenvalue weighted by Crippen LogP contribution is -2.38. The second kappa shape index (κ2) is 10.00. The zero-order valence-electron chi connectivity index (χ0n) is 19.9. The van der Waals surface area contributed by atoms with Gasteiger partial charge in [-0.05, 0) is 76.7 Å². The number of carboxylic acids is 1. The molecule has 33 heavy (non-hydrogen) atoms. The van der Waals surface area contributed by atoms with Crippen LogP contribution in [0.1, 0.15) is 86.5 Å². The van der Waals surface area contributed by atoms with E-state index < -0.39 is 23.8 Å². The molecular weight excluding hydrogens is 438 g/mol. The average Bonchev–Trinajstić information content (AvgIpc) is 3.43. The van der Waals surface area contributed by atoms with Gasteiger partial charge in [-0.1, -0.05) is 30.4 Å². The zero-order valence-corrected chi connectivity index (χ0v) is 20.7. The first-order valence-electron chi connectivity index (χ1n) is 12.4. The van der Waals surface area contributed by atoms with Crippen LogP contribution in [0, 0.1) is 23.7 Å². The van der Waals surface area contributed by atoms with Crippen molar-refractivity contribution in [3.05, 3.63) is 27.2 Å². The number of rotatable bonds is 5. The van der Waals surface area contributed by atoms with E-state index in [2.05, 4.69) is 5.32 Å². The predicted octanol–water partition coefficient (Wildman–Crippen LogP) is 5.61. The smallest absolute Gasteiger partial charge is 0.341 e. The summed E-state index contributed by atoms with van der Waals surface area (Å²) in [7, 11) is 0. The van der Waals surface area contributed by atoms with E-state index in [4.69, 9.17) is 4.74 Å². The summed E-state index contributed by atoms with van der Waals surface area (Å²) < 4.78 is 5.38. The molecule has 0 saturated heterocycles. The van der Waals surface area contributed by atoms with Crippen molar-refractivity contribution in [1.29, 1.82) is 0 Å². The Balaban J connectivity index is 1.68. The molecule has 0 aromatic carbocycles. The fourth-order valence-corrected chi connectivity index (χ4v) is 7.68. The number of hydrogen-bond acceptors (Lipinski definition) is 5. The van der Waals surface area contributed by atoms with Crippen molar-refractivity contribution < 1.29 is 24.2 Å². The van der Waals surface area contributed by atoms with Gasteiger partial charge >= 0.3 is 11.9 Å². The highest BCUT2D eigenvalue weighted by Crippen LogP contribution is 2.57. The van der Waals surface area contributed by atoms with Crippen LogP contribution in [0.4, 0.5) is 5.00 Å². The molecule has 1 heterocycles. The Hall–Kier alpha value is -2.15. The van der Waals surface area contributed by atoms with E-state index in [-0.39, 0.29) is 24.3 Å². The number of allylic oxidation sites excluding steroid dienone is 2. The first-order valence-corrected chi connectivity index (χ1v) is 13.2. The third kappa shape index (κ3) is 4.48. The summed E-state index contributed by atoms with van der Waals surface area (Å²) in [4.78, 5) is 39.9. The molecule has 4 atom stereocenters. The van der Waals surface area contributed by atoms with Crippen LogP contribution in [-0.4, -0.2) is 29.6 Å². The minimum Gasteiger partial charge on any atom is -0.481 e. The number of fused-ring (bicyclic) bond motifs is 3. The molecule has 2 bridgehead atoms. The molecule has 2 fully saturated rings. The largest absolute Gasteiger partial charge is 0.481 e. The van der Waals surface area contributed by atoms with E-state index in [9.17, 15) is 19.5 Å². The lowest BCUT2D eigenvalue weighted by molar-refractivity contribution is -0.148. The van der Waals surface area contributed by atoms with Gasteiger partial charge in [0.05, 0.1) is 24.0 Å². The van der Waals surface area contributed by atoms with Crippen LogP contribution < -0.4 is 5.32 Å². The SMILES string of the molecule is CCOC(=O)c1c(NC(=O)[C@H]2[C@@H](C(=O)O)[C@H]3CC[C@H]2C3=C(C)C)sc2c1CCCCCCC2. The van der Waals surface area contributed by atoms with Crippen LogP contribution in [-0.2, 0) is 27.2 Å². The number of thiophene rings is 1. The molecule has 0 aliphatic heterocycles. The predicted molar refractivity (Wildman–Crippen MR) is 129 cm³/mol. The zero-order chi connectivity index (χ0) is 23.7. The van der Waals surface area contributed by atoms with Crippen molar-refractivity contribution in [2.24, 2.45) is 23.7 Å². The lowest BCUT2D eigenvalue weighted by Gasteiger charge is -2.26. The first-order chi connectivity index (χ1) is 15.8. The maximum absolute atomic E-state index is 13.6. The topological polar surface area (TPSA) is 92.7 Å². The van der Waals surface area contributed by atoms with Crippen molar-refractivity contribution in [3.8, 4) is 0 Å². The van der Waals surface area contributed by atoms with E-state index in [0.717, 1.165) is 66.5 Å². The number of amides is 1. The second-order valence-electron chi connectivity index (χ2n) is 9.82. The fourth-order valence-electron chi connectivity index (χ4n) is 6.40. The Kier molecular flexibility index (Phi) is 7.27. The van der Waals surface area contributed by atoms with Crippen LogP contribution in [0.5, 0.6) is 0 Å². The molecule has 7 heteroatoms. The number of esters is 1. The minimum atomic E-state index is -0.901. The minimum absolute atomic E-state index is 0.0309. The summed E-state index contributed by atoms with van der Waals surface area (Å²) in [6.07, 6.45) is 8.98. The van der Waals surface area contributed by atoms with Crippen LogP contribution in [0.3, 0.4) is 0 Å². The highest BCUT2D eigenvalue weighted by Gasteiger charge is 2.57. The van der Waals surface area contributed by atoms with Crippen molar-refractivity contribution in [1.82, 2.24) is 0 Å². The Labute approximate surface area is 199 Å². The van der Waals surface area contributed by atoms with Gasteiger partial charge in [-0.3, -0.25) is 9.59 Å². The van der Waals surface area contributed by atoms with Crippen LogP contribution in [0.15, 0.2) is 11.1 Å². The molecule has 1 aromatic rings. The molecule has 4 rings (SSSR count). The number of nitrogens with one attached hydrogen (secondary N) is 1. The highest BCUT2D eigenvalue weighted by atomic mass is 32.1. The number of carboxylic acid groups (broad SMARTS) is 1. The van der Waals surface area contributed by atoms with E-state index in [0.29, 0.717) is 10.6 Å². The van der Waals surface area contributed by atoms with Crippen LogP contribution in [0.25, 0.3) is 0 Å². The standard InChI is InChI=1S/C26H35NO5S/c1-4-32-26(31)22-15-10-8-6-5-7-9-11-18(15)33-24(22)27-23(28)20-16-12-13-17(19(16)14(2)3)21(20)25(29)30/h16-17,20-21H,4-13H2,1-3H3,(H,27,28)(H,29,30)/t16-,17-,20+,21-/m0/s1. The maximum Gasteiger partial charge on any atom is 0.341 e. The molecule has 0 radical (unpaired) electrons. The number of carbonyl (C=O) groups is 3. The highest BCUT2D eigenvalue weighted by molar-refractivity contribution is 7.17. The van der Waals surface area contributed by atoms with Gasteiger partial charge in [-0.2, -0.15) is 0 Å². The van der Waals surface area contributed by atoms with Crippen LogP contribution >= 0.6 is 11.3 Å². The molecule has 180 valence electrons. The van der Waals surface area contributed by atoms with E-state index in [1.807, 2.05) is 13.8 Å². The first kappa shape index (κ1) is 24.0. The molecule has 0 unspecified atom stereocenters. The summed E-state index contributed by atoms with van der Waals surface area (Å²) >= 11 is 1.48. The Morgan fingerprint density at radius 2 is 1.64 bits per heavy atom. The molecule has 1 aromatic heterocycles. The molecule has 3 aliphatic rings. The van der Waals surface area contributed by atoms with E-state index in [1.54, 1.807) is 6.92 Å². The molecule has 2 saturated carbocycles. The Bertz CT molecular complexity index is 974. The lowest BCUT2D eigenvalue weighted by atomic mass is 9.78. The van der Waals surface area contributed by atoms with Gasteiger partial charge in [0.2, 0.25) is 5.91 Å². The van der Waals surface area contributed by atoms with Gasteiger partial charge in [0, 0.05) is 4.88 Å². The number of hydrogen-bond donors (Lipinski definition) is 2. The summed E-state index contributed by atoms with van der Waals surface area (Å²) in [6, 6.07) is 0. The summed E-state index contributed by atoms with van der Waals surface area (Å²) in [5.74, 6) is -2.97. The van der Waals surface area contributed by atoms with Gasteiger partial charge in [-0.25, -0.2) is 4.79 Å². The number of ether oxygens (including phenoxy) is 1. The molecule has 0 spiro atoms. The molecular formula is C26H35NO5S. The van der Waals surface area contributed by atoms with Gasteiger partial charge < -0.3 is 15.2 Å². The monoisotopic (exact) mass is 473 g/mol. The second-order valence-corrected chi connectivity index (χ2v) is 10.9. The normalized spacial score (nSPS) is 26.7. The molecule has 1 amide bonds. The van der Waals surface area contributed by atoms with Crippen molar-refractivity contribution >= 4 is 34.2 Å². The summed E-state index contributed by atoms with van der Waals surface area (Å²) in [5.41, 5.74) is 3.79. The van der Waals surface area contributed by atoms with Gasteiger partial charge in [-0.15, -0.1) is 11.3 Å². The Morgan fingerprint density at radius 3 is 2.27 bits per heavy atom. The third-order valence-corrected chi connectivity index (χ3v) is 8.85. The van der Waals surface area contributed by atoms with Gasteiger partial charge in [0.1, 0.15) is 5.00 Å².